The van der Waals surface area contributed by atoms with E-state index in [2.05, 4.69) is 0 Å². The molecule has 7 nitrogen and oxygen atoms in total. The van der Waals surface area contributed by atoms with Gasteiger partial charge in [-0.1, -0.05) is 0 Å². The van der Waals surface area contributed by atoms with Crippen molar-refractivity contribution in [3.8, 4) is 11.5 Å². The van der Waals surface area contributed by atoms with E-state index in [9.17, 15) is 14.9 Å². The highest BCUT2D eigenvalue weighted by atomic mass is 16.7. The Balaban J connectivity index is 2.24. The fourth-order valence-electron chi connectivity index (χ4n) is 1.71. The molecule has 0 amide bonds. The molecule has 0 N–H and O–H groups in total. The van der Waals surface area contributed by atoms with Crippen molar-refractivity contribution in [3.63, 3.8) is 0 Å². The number of hydrogen-bond donors (Lipinski definition) is 0. The smallest absolute Gasteiger partial charge is 0.318 e. The van der Waals surface area contributed by atoms with Crippen LogP contribution >= 0.6 is 0 Å². The van der Waals surface area contributed by atoms with Crippen molar-refractivity contribution in [2.75, 3.05) is 13.4 Å². The Kier molecular flexibility index (Phi) is 3.31. The average molecular weight is 253 g/mol. The van der Waals surface area contributed by atoms with Crippen molar-refractivity contribution in [1.29, 1.82) is 0 Å². The van der Waals surface area contributed by atoms with Crippen LogP contribution in [0.4, 0.5) is 5.69 Å². The summed E-state index contributed by atoms with van der Waals surface area (Å²) >= 11 is 0. The number of nitro benzene ring substituents is 1. The first-order chi connectivity index (χ1) is 8.59. The first-order valence-electron chi connectivity index (χ1n) is 5.29. The van der Waals surface area contributed by atoms with E-state index in [1.165, 1.54) is 6.92 Å². The summed E-state index contributed by atoms with van der Waals surface area (Å²) in [7, 11) is 0. The number of nitro groups is 1. The maximum absolute atomic E-state index is 11.0. The molecule has 0 atom stereocenters. The standard InChI is InChI=1S/C11H11NO6/c1-7(13)16-5-4-8-2-3-9-11(18-6-17-9)10(8)12(14)15/h2-3H,4-6H2,1H3. The molecular formula is C11H11NO6. The van der Waals surface area contributed by atoms with Gasteiger partial charge in [-0.05, 0) is 12.1 Å². The van der Waals surface area contributed by atoms with Gasteiger partial charge in [0.05, 0.1) is 11.5 Å². The van der Waals surface area contributed by atoms with Gasteiger partial charge in [-0.25, -0.2) is 0 Å². The first kappa shape index (κ1) is 12.2. The Hall–Kier alpha value is -2.31. The molecule has 18 heavy (non-hydrogen) atoms. The van der Waals surface area contributed by atoms with Crippen LogP contribution in [0.2, 0.25) is 0 Å². The Morgan fingerprint density at radius 3 is 2.94 bits per heavy atom. The van der Waals surface area contributed by atoms with Crippen LogP contribution in [0.3, 0.4) is 0 Å². The lowest BCUT2D eigenvalue weighted by Crippen LogP contribution is -2.05. The summed E-state index contributed by atoms with van der Waals surface area (Å²) in [4.78, 5) is 21.2. The van der Waals surface area contributed by atoms with Crippen LogP contribution in [0.1, 0.15) is 12.5 Å². The van der Waals surface area contributed by atoms with E-state index in [1.807, 2.05) is 0 Å². The van der Waals surface area contributed by atoms with Crippen molar-refractivity contribution in [2.45, 2.75) is 13.3 Å². The topological polar surface area (TPSA) is 87.9 Å². The number of hydrogen-bond acceptors (Lipinski definition) is 6. The summed E-state index contributed by atoms with van der Waals surface area (Å²) < 4.78 is 14.9. The van der Waals surface area contributed by atoms with Gasteiger partial charge in [0.25, 0.3) is 0 Å². The molecule has 96 valence electrons. The third-order valence-corrected chi connectivity index (χ3v) is 2.46. The molecule has 0 fully saturated rings. The fraction of sp³-hybridized carbons (Fsp3) is 0.364. The molecule has 0 unspecified atom stereocenters. The second-order valence-corrected chi connectivity index (χ2v) is 3.65. The van der Waals surface area contributed by atoms with Gasteiger partial charge in [-0.3, -0.25) is 14.9 Å². The second kappa shape index (κ2) is 4.91. The number of fused-ring (bicyclic) bond motifs is 1. The quantitative estimate of drug-likeness (QED) is 0.458. The van der Waals surface area contributed by atoms with E-state index < -0.39 is 10.9 Å². The number of nitrogens with zero attached hydrogens (tertiary/aromatic N) is 1. The number of ether oxygens (including phenoxy) is 3. The summed E-state index contributed by atoms with van der Waals surface area (Å²) in [5.74, 6) is 0.0802. The summed E-state index contributed by atoms with van der Waals surface area (Å²) in [6.07, 6.45) is 0.256. The first-order valence-corrected chi connectivity index (χ1v) is 5.29. The third kappa shape index (κ3) is 2.34. The fourth-order valence-corrected chi connectivity index (χ4v) is 1.71. The van der Waals surface area contributed by atoms with Crippen LogP contribution in [0, 0.1) is 10.1 Å². The number of rotatable bonds is 4. The SMILES string of the molecule is CC(=O)OCCc1ccc2c(c1[N+](=O)[O-])OCO2. The molecule has 2 rings (SSSR count). The number of carbonyl (C=O) groups excluding carboxylic acids is 1. The lowest BCUT2D eigenvalue weighted by Gasteiger charge is -2.05. The van der Waals surface area contributed by atoms with Gasteiger partial charge in [0, 0.05) is 18.9 Å². The molecule has 0 radical (unpaired) electrons. The molecule has 1 heterocycles. The van der Waals surface area contributed by atoms with E-state index in [0.717, 1.165) is 0 Å². The van der Waals surface area contributed by atoms with E-state index >= 15 is 0 Å². The molecule has 1 aromatic rings. The minimum absolute atomic E-state index is 0.0242. The summed E-state index contributed by atoms with van der Waals surface area (Å²) in [5, 5.41) is 11.0. The van der Waals surface area contributed by atoms with Crippen molar-refractivity contribution < 1.29 is 23.9 Å². The van der Waals surface area contributed by atoms with Crippen LogP contribution in [-0.2, 0) is 16.0 Å². The zero-order valence-corrected chi connectivity index (χ0v) is 9.67. The van der Waals surface area contributed by atoms with Crippen molar-refractivity contribution in [1.82, 2.24) is 0 Å². The minimum Gasteiger partial charge on any atom is -0.466 e. The van der Waals surface area contributed by atoms with Crippen molar-refractivity contribution in [2.24, 2.45) is 0 Å². The van der Waals surface area contributed by atoms with Crippen LogP contribution in [0.5, 0.6) is 11.5 Å². The van der Waals surface area contributed by atoms with Crippen molar-refractivity contribution in [3.05, 3.63) is 27.8 Å². The monoisotopic (exact) mass is 253 g/mol. The maximum Gasteiger partial charge on any atom is 0.318 e. The Labute approximate surface area is 102 Å². The molecule has 0 saturated carbocycles. The minimum atomic E-state index is -0.517. The van der Waals surface area contributed by atoms with Crippen LogP contribution in [0.15, 0.2) is 12.1 Å². The Morgan fingerprint density at radius 2 is 2.28 bits per heavy atom. The van der Waals surface area contributed by atoms with E-state index in [0.29, 0.717) is 11.3 Å². The maximum atomic E-state index is 11.0. The van der Waals surface area contributed by atoms with E-state index in [1.54, 1.807) is 12.1 Å². The van der Waals surface area contributed by atoms with E-state index in [4.69, 9.17) is 14.2 Å². The molecule has 1 aromatic carbocycles. The average Bonchev–Trinajstić information content (AvgIpc) is 2.75. The third-order valence-electron chi connectivity index (χ3n) is 2.46. The normalized spacial score (nSPS) is 12.3. The van der Waals surface area contributed by atoms with Crippen LogP contribution in [-0.4, -0.2) is 24.3 Å². The largest absolute Gasteiger partial charge is 0.466 e. The molecule has 0 aromatic heterocycles. The zero-order chi connectivity index (χ0) is 13.1. The molecule has 0 bridgehead atoms. The highest BCUT2D eigenvalue weighted by molar-refractivity contribution is 5.66. The molecular weight excluding hydrogens is 242 g/mol. The molecule has 0 spiro atoms. The summed E-state index contributed by atoms with van der Waals surface area (Å²) in [6, 6.07) is 3.19. The predicted octanol–water partition coefficient (Wildman–Crippen LogP) is 1.43. The molecule has 0 saturated heterocycles. The van der Waals surface area contributed by atoms with Gasteiger partial charge in [0.2, 0.25) is 12.5 Å². The van der Waals surface area contributed by atoms with Crippen LogP contribution in [0.25, 0.3) is 0 Å². The highest BCUT2D eigenvalue weighted by Gasteiger charge is 2.29. The summed E-state index contributed by atoms with van der Waals surface area (Å²) in [6.45, 7) is 1.35. The predicted molar refractivity (Wildman–Crippen MR) is 59.6 cm³/mol. The Morgan fingerprint density at radius 1 is 1.50 bits per heavy atom. The lowest BCUT2D eigenvalue weighted by molar-refractivity contribution is -0.386. The van der Waals surface area contributed by atoms with Gasteiger partial charge in [0.1, 0.15) is 0 Å². The Bertz CT molecular complexity index is 499. The molecule has 7 heteroatoms. The molecule has 1 aliphatic heterocycles. The lowest BCUT2D eigenvalue weighted by atomic mass is 10.1. The van der Waals surface area contributed by atoms with Gasteiger partial charge in [-0.2, -0.15) is 0 Å². The zero-order valence-electron chi connectivity index (χ0n) is 9.67. The van der Waals surface area contributed by atoms with E-state index in [-0.39, 0.29) is 31.3 Å². The summed E-state index contributed by atoms with van der Waals surface area (Å²) in [5.41, 5.74) is 0.322. The molecule has 1 aliphatic rings. The molecule has 0 aliphatic carbocycles. The highest BCUT2D eigenvalue weighted by Crippen LogP contribution is 2.42. The number of benzene rings is 1. The van der Waals surface area contributed by atoms with Gasteiger partial charge in [-0.15, -0.1) is 0 Å². The number of carbonyl (C=O) groups is 1. The van der Waals surface area contributed by atoms with Gasteiger partial charge in [0.15, 0.2) is 5.75 Å². The van der Waals surface area contributed by atoms with Crippen molar-refractivity contribution >= 4 is 11.7 Å². The van der Waals surface area contributed by atoms with Gasteiger partial charge < -0.3 is 14.2 Å². The van der Waals surface area contributed by atoms with Gasteiger partial charge >= 0.3 is 11.7 Å². The van der Waals surface area contributed by atoms with Crippen LogP contribution < -0.4 is 9.47 Å². The second-order valence-electron chi connectivity index (χ2n) is 3.65. The number of esters is 1.